The highest BCUT2D eigenvalue weighted by molar-refractivity contribution is 7.85. The van der Waals surface area contributed by atoms with Crippen molar-refractivity contribution in [3.05, 3.63) is 65.9 Å². The van der Waals surface area contributed by atoms with E-state index in [4.69, 9.17) is 4.55 Å². The highest BCUT2D eigenvalue weighted by atomic mass is 32.2. The number of allylic oxidation sites excluding steroid dienone is 1. The first-order valence-electron chi connectivity index (χ1n) is 10.9. The Kier molecular flexibility index (Phi) is 7.07. The van der Waals surface area contributed by atoms with E-state index in [9.17, 15) is 18.0 Å². The Morgan fingerprint density at radius 1 is 1.26 bits per heavy atom. The molecule has 35 heavy (non-hydrogen) atoms. The summed E-state index contributed by atoms with van der Waals surface area (Å²) in [6.07, 6.45) is 5.15. The first-order chi connectivity index (χ1) is 16.7. The number of rotatable bonds is 8. The fraction of sp³-hybridized carbons (Fsp3) is 0.318. The second-order valence-corrected chi connectivity index (χ2v) is 9.66. The van der Waals surface area contributed by atoms with E-state index >= 15 is 0 Å². The molecule has 2 amide bonds. The van der Waals surface area contributed by atoms with Gasteiger partial charge in [-0.25, -0.2) is 14.3 Å². The molecule has 12 nitrogen and oxygen atoms in total. The molecule has 0 fully saturated rings. The van der Waals surface area contributed by atoms with Crippen LogP contribution in [0.4, 0.5) is 5.82 Å². The molecule has 1 aliphatic heterocycles. The van der Waals surface area contributed by atoms with Crippen LogP contribution in [0.3, 0.4) is 0 Å². The first-order valence-corrected chi connectivity index (χ1v) is 12.5. The highest BCUT2D eigenvalue weighted by Gasteiger charge is 2.31. The lowest BCUT2D eigenvalue weighted by Crippen LogP contribution is -2.47. The molecule has 0 aliphatic carbocycles. The summed E-state index contributed by atoms with van der Waals surface area (Å²) in [5.74, 6) is -0.689. The van der Waals surface area contributed by atoms with Crippen molar-refractivity contribution in [2.24, 2.45) is 0 Å². The second kappa shape index (κ2) is 10.2. The number of aromatic nitrogens is 5. The summed E-state index contributed by atoms with van der Waals surface area (Å²) < 4.78 is 33.6. The van der Waals surface area contributed by atoms with E-state index in [1.807, 2.05) is 30.3 Å². The second-order valence-electron chi connectivity index (χ2n) is 8.09. The molecule has 184 valence electrons. The zero-order valence-corrected chi connectivity index (χ0v) is 19.8. The molecular formula is C22H25N7O5S. The Balaban J connectivity index is 1.38. The van der Waals surface area contributed by atoms with Crippen molar-refractivity contribution in [3.8, 4) is 0 Å². The van der Waals surface area contributed by atoms with Crippen LogP contribution in [0.5, 0.6) is 0 Å². The molecule has 2 N–H and O–H groups in total. The van der Waals surface area contributed by atoms with Crippen molar-refractivity contribution in [2.75, 3.05) is 17.7 Å². The minimum Gasteiger partial charge on any atom is -0.337 e. The number of aryl methyl sites for hydroxylation is 1. The Labute approximate surface area is 202 Å². The third kappa shape index (κ3) is 6.19. The number of carbonyl (C=O) groups is 2. The third-order valence-corrected chi connectivity index (χ3v) is 6.19. The van der Waals surface area contributed by atoms with Gasteiger partial charge in [0.15, 0.2) is 0 Å². The molecule has 2 aromatic heterocycles. The van der Waals surface area contributed by atoms with Crippen LogP contribution in [0, 0.1) is 0 Å². The van der Waals surface area contributed by atoms with Gasteiger partial charge in [-0.15, -0.1) is 5.10 Å². The van der Waals surface area contributed by atoms with Crippen LogP contribution in [-0.4, -0.2) is 68.2 Å². The lowest BCUT2D eigenvalue weighted by atomic mass is 10.2. The Bertz CT molecular complexity index is 1350. The Hall–Kier alpha value is -3.84. The standard InChI is InChI=1S/C22H25N7O5S/c1-27-19-13-17(9-5-6-12-35(32,33)34)25-29(19)11-10-18(22(27)31)24-21(30)20-23-15-28(26-20)14-16-7-3-2-4-8-16/h2-5,7-9,13,15,18H,6,10-12,14H2,1H3,(H,24,30)(H,32,33,34)/b9-5+. The number of hydrogen-bond acceptors (Lipinski definition) is 7. The van der Waals surface area contributed by atoms with Crippen molar-refractivity contribution >= 4 is 33.8 Å². The molecule has 1 atom stereocenters. The van der Waals surface area contributed by atoms with Gasteiger partial charge in [-0.2, -0.15) is 13.5 Å². The summed E-state index contributed by atoms with van der Waals surface area (Å²) in [5.41, 5.74) is 1.57. The van der Waals surface area contributed by atoms with Gasteiger partial charge >= 0.3 is 0 Å². The molecule has 0 bridgehead atoms. The summed E-state index contributed by atoms with van der Waals surface area (Å²) >= 11 is 0. The fourth-order valence-electron chi connectivity index (χ4n) is 3.69. The monoisotopic (exact) mass is 499 g/mol. The number of hydrogen-bond donors (Lipinski definition) is 2. The molecule has 3 aromatic rings. The fourth-order valence-corrected chi connectivity index (χ4v) is 4.12. The minimum atomic E-state index is -4.03. The number of nitrogens with zero attached hydrogens (tertiary/aromatic N) is 6. The zero-order chi connectivity index (χ0) is 25.0. The maximum Gasteiger partial charge on any atom is 0.291 e. The third-order valence-electron chi connectivity index (χ3n) is 5.44. The smallest absolute Gasteiger partial charge is 0.291 e. The van der Waals surface area contributed by atoms with Gasteiger partial charge in [-0.3, -0.25) is 19.0 Å². The average Bonchev–Trinajstić information content (AvgIpc) is 3.43. The van der Waals surface area contributed by atoms with Crippen molar-refractivity contribution in [3.63, 3.8) is 0 Å². The van der Waals surface area contributed by atoms with Gasteiger partial charge in [0.05, 0.1) is 18.0 Å². The summed E-state index contributed by atoms with van der Waals surface area (Å²) in [7, 11) is -2.43. The number of fused-ring (bicyclic) bond motifs is 1. The lowest BCUT2D eigenvalue weighted by molar-refractivity contribution is -0.120. The van der Waals surface area contributed by atoms with Crippen molar-refractivity contribution < 1.29 is 22.6 Å². The molecule has 0 saturated heterocycles. The van der Waals surface area contributed by atoms with Crippen LogP contribution in [0.1, 0.15) is 34.7 Å². The van der Waals surface area contributed by atoms with Crippen molar-refractivity contribution in [2.45, 2.75) is 32.0 Å². The molecule has 0 spiro atoms. The molecule has 1 aromatic carbocycles. The predicted molar refractivity (Wildman–Crippen MR) is 127 cm³/mol. The molecular weight excluding hydrogens is 474 g/mol. The van der Waals surface area contributed by atoms with E-state index in [-0.39, 0.29) is 23.9 Å². The van der Waals surface area contributed by atoms with E-state index in [1.165, 1.54) is 11.2 Å². The van der Waals surface area contributed by atoms with Gasteiger partial charge in [-0.05, 0) is 24.5 Å². The van der Waals surface area contributed by atoms with Crippen LogP contribution in [0.2, 0.25) is 0 Å². The number of carbonyl (C=O) groups excluding carboxylic acids is 2. The van der Waals surface area contributed by atoms with Crippen molar-refractivity contribution in [1.29, 1.82) is 0 Å². The maximum atomic E-state index is 13.0. The van der Waals surface area contributed by atoms with E-state index in [2.05, 4.69) is 20.5 Å². The Morgan fingerprint density at radius 3 is 2.77 bits per heavy atom. The number of likely N-dealkylation sites (N-methyl/N-ethyl adjacent to an activating group) is 1. The molecule has 3 heterocycles. The predicted octanol–water partition coefficient (Wildman–Crippen LogP) is 0.979. The first kappa shape index (κ1) is 24.3. The van der Waals surface area contributed by atoms with Crippen LogP contribution >= 0.6 is 0 Å². The van der Waals surface area contributed by atoms with E-state index in [1.54, 1.807) is 34.6 Å². The quantitative estimate of drug-likeness (QED) is 0.435. The van der Waals surface area contributed by atoms with Gasteiger partial charge < -0.3 is 5.32 Å². The van der Waals surface area contributed by atoms with Gasteiger partial charge in [0, 0.05) is 19.7 Å². The molecule has 0 saturated carbocycles. The van der Waals surface area contributed by atoms with E-state index < -0.39 is 22.1 Å². The SMILES string of the molecule is CN1C(=O)C(NC(=O)c2ncn(Cc3ccccc3)n2)CCn2nc(/C=C/CCS(=O)(=O)O)cc21. The van der Waals surface area contributed by atoms with Gasteiger partial charge in [0.1, 0.15) is 18.2 Å². The number of nitrogens with one attached hydrogen (secondary N) is 1. The Morgan fingerprint density at radius 2 is 2.03 bits per heavy atom. The molecule has 1 unspecified atom stereocenters. The van der Waals surface area contributed by atoms with Crippen LogP contribution < -0.4 is 10.2 Å². The molecule has 13 heteroatoms. The molecule has 0 radical (unpaired) electrons. The summed E-state index contributed by atoms with van der Waals surface area (Å²) in [6.45, 7) is 0.852. The van der Waals surface area contributed by atoms with E-state index in [0.717, 1.165) is 5.56 Å². The number of amides is 2. The molecule has 4 rings (SSSR count). The summed E-state index contributed by atoms with van der Waals surface area (Å²) in [6, 6.07) is 10.6. The normalized spacial score (nSPS) is 16.3. The number of anilines is 1. The number of benzene rings is 1. The average molecular weight is 500 g/mol. The van der Waals surface area contributed by atoms with Crippen LogP contribution in [0.25, 0.3) is 6.08 Å². The lowest BCUT2D eigenvalue weighted by Gasteiger charge is -2.19. The summed E-state index contributed by atoms with van der Waals surface area (Å²) in [5, 5.41) is 11.4. The highest BCUT2D eigenvalue weighted by Crippen LogP contribution is 2.22. The summed E-state index contributed by atoms with van der Waals surface area (Å²) in [4.78, 5) is 31.2. The molecule has 1 aliphatic rings. The zero-order valence-electron chi connectivity index (χ0n) is 19.0. The van der Waals surface area contributed by atoms with Crippen LogP contribution in [-0.2, 0) is 28.0 Å². The maximum absolute atomic E-state index is 13.0. The van der Waals surface area contributed by atoms with Crippen LogP contribution in [0.15, 0.2) is 48.8 Å². The van der Waals surface area contributed by atoms with Crippen molar-refractivity contribution in [1.82, 2.24) is 29.9 Å². The van der Waals surface area contributed by atoms with Gasteiger partial charge in [0.25, 0.3) is 21.9 Å². The largest absolute Gasteiger partial charge is 0.337 e. The van der Waals surface area contributed by atoms with E-state index in [0.29, 0.717) is 31.0 Å². The van der Waals surface area contributed by atoms with Gasteiger partial charge in [0.2, 0.25) is 5.82 Å². The topological polar surface area (TPSA) is 152 Å². The van der Waals surface area contributed by atoms with Gasteiger partial charge in [-0.1, -0.05) is 36.4 Å². The minimum absolute atomic E-state index is 0.0179.